The Bertz CT molecular complexity index is 1070. The van der Waals surface area contributed by atoms with Crippen LogP contribution in [0.4, 0.5) is 5.69 Å². The Balaban J connectivity index is 1.64. The SMILES string of the molecule is Cc1cccn2cc(-c3ccccc3NC(=O)Cc3cccnc3)nc12. The highest BCUT2D eigenvalue weighted by Crippen LogP contribution is 2.28. The Morgan fingerprint density at radius 1 is 1.12 bits per heavy atom. The predicted octanol–water partition coefficient (Wildman–Crippen LogP) is 3.89. The molecule has 0 bridgehead atoms. The van der Waals surface area contributed by atoms with Gasteiger partial charge in [-0.05, 0) is 36.2 Å². The van der Waals surface area contributed by atoms with Crippen LogP contribution in [0.5, 0.6) is 0 Å². The largest absolute Gasteiger partial charge is 0.325 e. The van der Waals surface area contributed by atoms with Crippen LogP contribution in [0.25, 0.3) is 16.9 Å². The first-order chi connectivity index (χ1) is 12.7. The van der Waals surface area contributed by atoms with Gasteiger partial charge in [-0.1, -0.05) is 30.3 Å². The lowest BCUT2D eigenvalue weighted by Gasteiger charge is -2.09. The van der Waals surface area contributed by atoms with Gasteiger partial charge in [0.05, 0.1) is 17.8 Å². The van der Waals surface area contributed by atoms with Gasteiger partial charge in [-0.25, -0.2) is 4.98 Å². The van der Waals surface area contributed by atoms with E-state index < -0.39 is 0 Å². The van der Waals surface area contributed by atoms with Crippen molar-refractivity contribution in [3.63, 3.8) is 0 Å². The Hall–Kier alpha value is -3.47. The maximum Gasteiger partial charge on any atom is 0.228 e. The van der Waals surface area contributed by atoms with Gasteiger partial charge in [0.25, 0.3) is 0 Å². The number of benzene rings is 1. The average molecular weight is 342 g/mol. The van der Waals surface area contributed by atoms with E-state index in [2.05, 4.69) is 10.3 Å². The van der Waals surface area contributed by atoms with Gasteiger partial charge >= 0.3 is 0 Å². The number of imidazole rings is 1. The highest BCUT2D eigenvalue weighted by Gasteiger charge is 2.12. The molecule has 4 rings (SSSR count). The lowest BCUT2D eigenvalue weighted by atomic mass is 10.1. The lowest BCUT2D eigenvalue weighted by Crippen LogP contribution is -2.15. The van der Waals surface area contributed by atoms with Gasteiger partial charge in [0.2, 0.25) is 5.91 Å². The van der Waals surface area contributed by atoms with Gasteiger partial charge in [-0.15, -0.1) is 0 Å². The van der Waals surface area contributed by atoms with Gasteiger partial charge in [-0.2, -0.15) is 0 Å². The smallest absolute Gasteiger partial charge is 0.228 e. The molecule has 0 spiro atoms. The van der Waals surface area contributed by atoms with Crippen LogP contribution < -0.4 is 5.32 Å². The fourth-order valence-electron chi connectivity index (χ4n) is 2.98. The molecule has 0 radical (unpaired) electrons. The minimum atomic E-state index is -0.0783. The third-order valence-electron chi connectivity index (χ3n) is 4.24. The van der Waals surface area contributed by atoms with E-state index in [4.69, 9.17) is 4.98 Å². The summed E-state index contributed by atoms with van der Waals surface area (Å²) in [4.78, 5) is 21.2. The molecule has 0 aliphatic rings. The van der Waals surface area contributed by atoms with Crippen molar-refractivity contribution in [1.82, 2.24) is 14.4 Å². The Morgan fingerprint density at radius 3 is 2.81 bits per heavy atom. The number of carbonyl (C=O) groups excluding carboxylic acids is 1. The normalized spacial score (nSPS) is 10.8. The number of hydrogen-bond acceptors (Lipinski definition) is 3. The maximum absolute atomic E-state index is 12.4. The monoisotopic (exact) mass is 342 g/mol. The van der Waals surface area contributed by atoms with Crippen molar-refractivity contribution in [2.24, 2.45) is 0 Å². The van der Waals surface area contributed by atoms with Gasteiger partial charge in [0.15, 0.2) is 0 Å². The average Bonchev–Trinajstić information content (AvgIpc) is 3.08. The Morgan fingerprint density at radius 2 is 2.00 bits per heavy atom. The zero-order valence-electron chi connectivity index (χ0n) is 14.4. The van der Waals surface area contributed by atoms with E-state index in [-0.39, 0.29) is 12.3 Å². The first-order valence-corrected chi connectivity index (χ1v) is 8.43. The van der Waals surface area contributed by atoms with Crippen LogP contribution in [0.1, 0.15) is 11.1 Å². The second-order valence-electron chi connectivity index (χ2n) is 6.18. The predicted molar refractivity (Wildman–Crippen MR) is 102 cm³/mol. The number of carbonyl (C=O) groups is 1. The number of nitrogens with one attached hydrogen (secondary N) is 1. The molecule has 5 nitrogen and oxygen atoms in total. The van der Waals surface area contributed by atoms with E-state index in [0.29, 0.717) is 0 Å². The molecule has 0 aliphatic heterocycles. The molecule has 1 aromatic carbocycles. The van der Waals surface area contributed by atoms with Crippen molar-refractivity contribution in [1.29, 1.82) is 0 Å². The minimum absolute atomic E-state index is 0.0783. The van der Waals surface area contributed by atoms with Crippen LogP contribution in [-0.2, 0) is 11.2 Å². The first kappa shape index (κ1) is 16.0. The zero-order valence-corrected chi connectivity index (χ0v) is 14.4. The van der Waals surface area contributed by atoms with Crippen LogP contribution in [0.3, 0.4) is 0 Å². The fourth-order valence-corrected chi connectivity index (χ4v) is 2.98. The van der Waals surface area contributed by atoms with Crippen molar-refractivity contribution >= 4 is 17.2 Å². The highest BCUT2D eigenvalue weighted by atomic mass is 16.1. The first-order valence-electron chi connectivity index (χ1n) is 8.43. The van der Waals surface area contributed by atoms with Crippen molar-refractivity contribution in [3.05, 3.63) is 84.4 Å². The second kappa shape index (κ2) is 6.80. The number of aryl methyl sites for hydroxylation is 1. The zero-order chi connectivity index (χ0) is 17.9. The van der Waals surface area contributed by atoms with E-state index in [9.17, 15) is 4.79 Å². The van der Waals surface area contributed by atoms with E-state index >= 15 is 0 Å². The molecule has 0 unspecified atom stereocenters. The topological polar surface area (TPSA) is 59.3 Å². The number of anilines is 1. The van der Waals surface area contributed by atoms with E-state index in [1.54, 1.807) is 12.4 Å². The van der Waals surface area contributed by atoms with Crippen LogP contribution in [-0.4, -0.2) is 20.3 Å². The number of para-hydroxylation sites is 1. The number of amides is 1. The molecule has 3 aromatic heterocycles. The molecule has 128 valence electrons. The third-order valence-corrected chi connectivity index (χ3v) is 4.24. The molecule has 4 aromatic rings. The van der Waals surface area contributed by atoms with E-state index in [1.807, 2.05) is 72.2 Å². The summed E-state index contributed by atoms with van der Waals surface area (Å²) in [5.74, 6) is -0.0783. The third kappa shape index (κ3) is 3.19. The van der Waals surface area contributed by atoms with Gasteiger partial charge in [0.1, 0.15) is 5.65 Å². The number of pyridine rings is 2. The van der Waals surface area contributed by atoms with Crippen LogP contribution in [0.2, 0.25) is 0 Å². The summed E-state index contributed by atoms with van der Waals surface area (Å²) in [6, 6.07) is 15.5. The molecular formula is C21H18N4O. The van der Waals surface area contributed by atoms with Gasteiger partial charge in [0, 0.05) is 30.4 Å². The molecule has 1 amide bonds. The summed E-state index contributed by atoms with van der Waals surface area (Å²) in [7, 11) is 0. The minimum Gasteiger partial charge on any atom is -0.325 e. The fraction of sp³-hybridized carbons (Fsp3) is 0.0952. The molecule has 0 atom stereocenters. The second-order valence-corrected chi connectivity index (χ2v) is 6.18. The Labute approximate surface area is 151 Å². The maximum atomic E-state index is 12.4. The van der Waals surface area contributed by atoms with Crippen LogP contribution in [0.15, 0.2) is 73.3 Å². The molecule has 0 aliphatic carbocycles. The van der Waals surface area contributed by atoms with E-state index in [1.165, 1.54) is 0 Å². The van der Waals surface area contributed by atoms with Crippen LogP contribution >= 0.6 is 0 Å². The number of nitrogens with zero attached hydrogens (tertiary/aromatic N) is 3. The molecule has 0 saturated heterocycles. The standard InChI is InChI=1S/C21H18N4O/c1-15-6-5-11-25-14-19(24-21(15)25)17-8-2-3-9-18(17)23-20(26)12-16-7-4-10-22-13-16/h2-11,13-14H,12H2,1H3,(H,23,26). The summed E-state index contributed by atoms with van der Waals surface area (Å²) >= 11 is 0. The summed E-state index contributed by atoms with van der Waals surface area (Å²) < 4.78 is 2.00. The van der Waals surface area contributed by atoms with Crippen LogP contribution in [0, 0.1) is 6.92 Å². The number of hydrogen-bond donors (Lipinski definition) is 1. The van der Waals surface area contributed by atoms with Crippen molar-refractivity contribution in [3.8, 4) is 11.3 Å². The van der Waals surface area contributed by atoms with Crippen molar-refractivity contribution < 1.29 is 4.79 Å². The molecule has 1 N–H and O–H groups in total. The number of aromatic nitrogens is 3. The quantitative estimate of drug-likeness (QED) is 0.612. The molecule has 3 heterocycles. The highest BCUT2D eigenvalue weighted by molar-refractivity contribution is 5.96. The number of rotatable bonds is 4. The van der Waals surface area contributed by atoms with E-state index in [0.717, 1.165) is 33.7 Å². The Kier molecular flexibility index (Phi) is 4.19. The molecule has 0 fully saturated rings. The van der Waals surface area contributed by atoms with Crippen molar-refractivity contribution in [2.75, 3.05) is 5.32 Å². The number of fused-ring (bicyclic) bond motifs is 1. The van der Waals surface area contributed by atoms with Gasteiger partial charge < -0.3 is 9.72 Å². The lowest BCUT2D eigenvalue weighted by molar-refractivity contribution is -0.115. The summed E-state index contributed by atoms with van der Waals surface area (Å²) in [5, 5.41) is 3.00. The van der Waals surface area contributed by atoms with Gasteiger partial charge in [-0.3, -0.25) is 9.78 Å². The molecule has 5 heteroatoms. The molecule has 0 saturated carbocycles. The molecule has 26 heavy (non-hydrogen) atoms. The molecular weight excluding hydrogens is 324 g/mol. The van der Waals surface area contributed by atoms with Crippen molar-refractivity contribution in [2.45, 2.75) is 13.3 Å². The summed E-state index contributed by atoms with van der Waals surface area (Å²) in [6.45, 7) is 2.04. The summed E-state index contributed by atoms with van der Waals surface area (Å²) in [6.07, 6.45) is 7.64. The summed E-state index contributed by atoms with van der Waals surface area (Å²) in [5.41, 5.74) is 5.39.